The first-order valence-electron chi connectivity index (χ1n) is 7.82. The number of hydrogen-bond donors (Lipinski definition) is 0. The summed E-state index contributed by atoms with van der Waals surface area (Å²) < 4.78 is 6.09. The van der Waals surface area contributed by atoms with Gasteiger partial charge in [0.1, 0.15) is 0 Å². The van der Waals surface area contributed by atoms with Crippen LogP contribution in [0.2, 0.25) is 0 Å². The van der Waals surface area contributed by atoms with E-state index in [2.05, 4.69) is 0 Å². The number of aryl methyl sites for hydroxylation is 2. The zero-order valence-electron chi connectivity index (χ0n) is 14.3. The molecule has 0 bridgehead atoms. The second kappa shape index (κ2) is 6.83. The number of nitrogens with zero attached hydrogens (tertiary/aromatic N) is 1. The Bertz CT molecular complexity index is 883. The SMILES string of the molecule is CON1C=C(c2ccccc2C)OC(c2ccc(C(=O)[O-])cc2C)=C1. The Morgan fingerprint density at radius 3 is 2.20 bits per heavy atom. The summed E-state index contributed by atoms with van der Waals surface area (Å²) in [7, 11) is 1.57. The molecule has 2 aromatic carbocycles. The number of carboxylic acids is 1. The van der Waals surface area contributed by atoms with Gasteiger partial charge in [-0.15, -0.1) is 0 Å². The molecular weight excluding hydrogens is 318 g/mol. The molecule has 3 rings (SSSR count). The molecule has 1 heterocycles. The molecule has 0 saturated heterocycles. The van der Waals surface area contributed by atoms with E-state index in [1.54, 1.807) is 36.7 Å². The molecule has 0 saturated carbocycles. The molecule has 0 N–H and O–H groups in total. The standard InChI is InChI=1S/C20H19NO4/c1-13-6-4-5-7-16(13)18-11-21(24-3)12-19(25-18)17-9-8-15(20(22)23)10-14(17)2/h4-12H,1-3H3,(H,22,23)/p-1. The van der Waals surface area contributed by atoms with Gasteiger partial charge in [0.2, 0.25) is 0 Å². The number of ether oxygens (including phenoxy) is 1. The smallest absolute Gasteiger partial charge is 0.153 e. The van der Waals surface area contributed by atoms with Crippen molar-refractivity contribution in [1.82, 2.24) is 5.06 Å². The van der Waals surface area contributed by atoms with Crippen LogP contribution < -0.4 is 5.11 Å². The van der Waals surface area contributed by atoms with E-state index in [4.69, 9.17) is 9.57 Å². The highest BCUT2D eigenvalue weighted by Crippen LogP contribution is 2.33. The fourth-order valence-electron chi connectivity index (χ4n) is 2.71. The van der Waals surface area contributed by atoms with Crippen LogP contribution >= 0.6 is 0 Å². The second-order valence-electron chi connectivity index (χ2n) is 5.76. The van der Waals surface area contributed by atoms with Crippen LogP contribution in [0.15, 0.2) is 54.9 Å². The molecule has 25 heavy (non-hydrogen) atoms. The summed E-state index contributed by atoms with van der Waals surface area (Å²) in [5.41, 5.74) is 3.73. The lowest BCUT2D eigenvalue weighted by Crippen LogP contribution is -2.22. The lowest BCUT2D eigenvalue weighted by atomic mass is 10.0. The van der Waals surface area contributed by atoms with Crippen LogP contribution in [0.5, 0.6) is 0 Å². The Morgan fingerprint density at radius 2 is 1.64 bits per heavy atom. The van der Waals surface area contributed by atoms with Gasteiger partial charge in [-0.3, -0.25) is 4.84 Å². The minimum Gasteiger partial charge on any atom is -0.545 e. The van der Waals surface area contributed by atoms with Gasteiger partial charge in [0.15, 0.2) is 11.5 Å². The third-order valence-electron chi connectivity index (χ3n) is 4.06. The number of hydroxylamine groups is 2. The van der Waals surface area contributed by atoms with Gasteiger partial charge < -0.3 is 14.6 Å². The molecule has 2 aromatic rings. The molecule has 5 heteroatoms. The summed E-state index contributed by atoms with van der Waals surface area (Å²) in [5.74, 6) is 0.0260. The molecule has 1 aliphatic heterocycles. The van der Waals surface area contributed by atoms with Gasteiger partial charge in [-0.2, -0.15) is 0 Å². The number of benzene rings is 2. The average Bonchev–Trinajstić information content (AvgIpc) is 2.61. The van der Waals surface area contributed by atoms with Crippen molar-refractivity contribution in [1.29, 1.82) is 0 Å². The van der Waals surface area contributed by atoms with E-state index in [0.29, 0.717) is 11.5 Å². The minimum atomic E-state index is -1.20. The van der Waals surface area contributed by atoms with Crippen LogP contribution in [0.4, 0.5) is 0 Å². The van der Waals surface area contributed by atoms with Crippen LogP contribution in [-0.4, -0.2) is 18.1 Å². The van der Waals surface area contributed by atoms with Gasteiger partial charge in [-0.05, 0) is 36.6 Å². The fourth-order valence-corrected chi connectivity index (χ4v) is 2.71. The summed E-state index contributed by atoms with van der Waals surface area (Å²) in [6.45, 7) is 3.84. The van der Waals surface area contributed by atoms with E-state index in [9.17, 15) is 9.90 Å². The van der Waals surface area contributed by atoms with Gasteiger partial charge in [-0.1, -0.05) is 36.4 Å². The van der Waals surface area contributed by atoms with E-state index < -0.39 is 5.97 Å². The highest BCUT2D eigenvalue weighted by atomic mass is 16.7. The number of rotatable bonds is 4. The van der Waals surface area contributed by atoms with Crippen molar-refractivity contribution in [3.8, 4) is 0 Å². The Labute approximate surface area is 146 Å². The average molecular weight is 336 g/mol. The normalized spacial score (nSPS) is 13.8. The van der Waals surface area contributed by atoms with Crippen LogP contribution in [0.3, 0.4) is 0 Å². The summed E-state index contributed by atoms with van der Waals surface area (Å²) in [6, 6.07) is 12.7. The molecule has 0 radical (unpaired) electrons. The molecule has 0 unspecified atom stereocenters. The first kappa shape index (κ1) is 16.8. The summed E-state index contributed by atoms with van der Waals surface area (Å²) >= 11 is 0. The Kier molecular flexibility index (Phi) is 4.59. The van der Waals surface area contributed by atoms with Crippen molar-refractivity contribution in [3.05, 3.63) is 82.7 Å². The molecule has 0 amide bonds. The lowest BCUT2D eigenvalue weighted by molar-refractivity contribution is -0.255. The zero-order valence-corrected chi connectivity index (χ0v) is 14.3. The Morgan fingerprint density at radius 1 is 1.00 bits per heavy atom. The third-order valence-corrected chi connectivity index (χ3v) is 4.06. The summed E-state index contributed by atoms with van der Waals surface area (Å²) in [5, 5.41) is 12.6. The Hall–Kier alpha value is -3.05. The van der Waals surface area contributed by atoms with E-state index in [-0.39, 0.29) is 5.56 Å². The predicted molar refractivity (Wildman–Crippen MR) is 92.6 cm³/mol. The van der Waals surface area contributed by atoms with Crippen LogP contribution in [0.1, 0.15) is 32.6 Å². The van der Waals surface area contributed by atoms with Crippen molar-refractivity contribution >= 4 is 17.5 Å². The summed E-state index contributed by atoms with van der Waals surface area (Å²) in [6.07, 6.45) is 3.47. The third kappa shape index (κ3) is 3.41. The van der Waals surface area contributed by atoms with Crippen LogP contribution in [0, 0.1) is 13.8 Å². The number of carboxylic acid groups (broad SMARTS) is 1. The zero-order chi connectivity index (χ0) is 18.0. The molecule has 0 aliphatic carbocycles. The number of hydrogen-bond acceptors (Lipinski definition) is 5. The maximum absolute atomic E-state index is 11.0. The van der Waals surface area contributed by atoms with Crippen molar-refractivity contribution in [3.63, 3.8) is 0 Å². The topological polar surface area (TPSA) is 61.8 Å². The lowest BCUT2D eigenvalue weighted by Gasteiger charge is -2.25. The minimum absolute atomic E-state index is 0.135. The molecule has 0 spiro atoms. The van der Waals surface area contributed by atoms with Gasteiger partial charge >= 0.3 is 0 Å². The highest BCUT2D eigenvalue weighted by molar-refractivity contribution is 5.87. The second-order valence-corrected chi connectivity index (χ2v) is 5.76. The molecule has 5 nitrogen and oxygen atoms in total. The first-order chi connectivity index (χ1) is 12.0. The van der Waals surface area contributed by atoms with Crippen LogP contribution in [-0.2, 0) is 9.57 Å². The first-order valence-corrected chi connectivity index (χ1v) is 7.82. The molecule has 0 atom stereocenters. The molecule has 0 fully saturated rings. The number of carbonyl (C=O) groups excluding carboxylic acids is 1. The van der Waals surface area contributed by atoms with Gasteiger partial charge in [0.25, 0.3) is 0 Å². The highest BCUT2D eigenvalue weighted by Gasteiger charge is 2.19. The Balaban J connectivity index is 1.99. The van der Waals surface area contributed by atoms with Gasteiger partial charge in [-0.25, -0.2) is 5.06 Å². The van der Waals surface area contributed by atoms with E-state index in [1.807, 2.05) is 38.1 Å². The number of carbonyl (C=O) groups is 1. The molecule has 128 valence electrons. The van der Waals surface area contributed by atoms with Gasteiger partial charge in [0, 0.05) is 11.1 Å². The van der Waals surface area contributed by atoms with Gasteiger partial charge in [0.05, 0.1) is 25.5 Å². The van der Waals surface area contributed by atoms with Crippen LogP contribution in [0.25, 0.3) is 11.5 Å². The maximum atomic E-state index is 11.0. The number of aromatic carboxylic acids is 1. The van der Waals surface area contributed by atoms with Crippen molar-refractivity contribution in [2.45, 2.75) is 13.8 Å². The summed E-state index contributed by atoms with van der Waals surface area (Å²) in [4.78, 5) is 16.4. The van der Waals surface area contributed by atoms with E-state index in [1.165, 1.54) is 6.07 Å². The van der Waals surface area contributed by atoms with Crippen molar-refractivity contribution in [2.75, 3.05) is 7.11 Å². The van der Waals surface area contributed by atoms with E-state index in [0.717, 1.165) is 22.3 Å². The largest absolute Gasteiger partial charge is 0.545 e. The maximum Gasteiger partial charge on any atom is 0.153 e. The monoisotopic (exact) mass is 336 g/mol. The quantitative estimate of drug-likeness (QED) is 0.859. The van der Waals surface area contributed by atoms with E-state index >= 15 is 0 Å². The van der Waals surface area contributed by atoms with Crippen molar-refractivity contribution < 1.29 is 19.5 Å². The molecule has 1 aliphatic rings. The molecular formula is C20H18NO4-. The fraction of sp³-hybridized carbons (Fsp3) is 0.150. The predicted octanol–water partition coefficient (Wildman–Crippen LogP) is 2.86. The van der Waals surface area contributed by atoms with Crippen molar-refractivity contribution in [2.24, 2.45) is 0 Å². The molecule has 0 aromatic heterocycles.